The molecule has 0 bridgehead atoms. The lowest BCUT2D eigenvalue weighted by Crippen LogP contribution is -2.46. The summed E-state index contributed by atoms with van der Waals surface area (Å²) in [5.41, 5.74) is 3.99. The van der Waals surface area contributed by atoms with Crippen molar-refractivity contribution in [2.24, 2.45) is 5.10 Å². The number of likely N-dealkylation sites (N-methyl/N-ethyl adjacent to an activating group) is 1. The molecule has 3 rings (SSSR count). The molecule has 0 spiro atoms. The van der Waals surface area contributed by atoms with Gasteiger partial charge in [-0.3, -0.25) is 4.79 Å². The first-order chi connectivity index (χ1) is 14.5. The number of nitrogens with one attached hydrogen (secondary N) is 1. The standard InChI is InChI=1S/C22H26F2N4O2/c1-3-27-9-11-28(12-10-27)21-8-7-17(13-20(21)24)16(2)25-26-22(29)15-30-19-6-4-5-18(23)14-19/h4-8,13-14H,3,9-12,15H2,1-2H3,(H,26,29)/b25-16-. The molecule has 1 fully saturated rings. The molecular formula is C22H26F2N4O2. The number of anilines is 1. The summed E-state index contributed by atoms with van der Waals surface area (Å²) in [6.07, 6.45) is 0. The molecule has 2 aromatic rings. The third-order valence-electron chi connectivity index (χ3n) is 5.04. The van der Waals surface area contributed by atoms with Crippen LogP contribution in [-0.4, -0.2) is 55.8 Å². The van der Waals surface area contributed by atoms with Gasteiger partial charge in [0.2, 0.25) is 0 Å². The van der Waals surface area contributed by atoms with Crippen molar-refractivity contribution in [2.75, 3.05) is 44.2 Å². The number of halogens is 2. The first-order valence-corrected chi connectivity index (χ1v) is 9.95. The fourth-order valence-corrected chi connectivity index (χ4v) is 3.24. The first kappa shape index (κ1) is 21.7. The Morgan fingerprint density at radius 2 is 1.90 bits per heavy atom. The Labute approximate surface area is 175 Å². The summed E-state index contributed by atoms with van der Waals surface area (Å²) in [5.74, 6) is -1.000. The highest BCUT2D eigenvalue weighted by Crippen LogP contribution is 2.22. The van der Waals surface area contributed by atoms with Gasteiger partial charge in [-0.1, -0.05) is 19.1 Å². The predicted molar refractivity (Wildman–Crippen MR) is 113 cm³/mol. The quantitative estimate of drug-likeness (QED) is 0.557. The van der Waals surface area contributed by atoms with Crippen LogP contribution in [0.3, 0.4) is 0 Å². The van der Waals surface area contributed by atoms with Crippen LogP contribution in [0.15, 0.2) is 47.6 Å². The minimum absolute atomic E-state index is 0.253. The molecule has 0 atom stereocenters. The number of rotatable bonds is 7. The van der Waals surface area contributed by atoms with Crippen molar-refractivity contribution in [1.82, 2.24) is 10.3 Å². The molecule has 1 heterocycles. The Morgan fingerprint density at radius 3 is 2.57 bits per heavy atom. The van der Waals surface area contributed by atoms with Gasteiger partial charge in [0.15, 0.2) is 6.61 Å². The van der Waals surface area contributed by atoms with Gasteiger partial charge in [-0.05, 0) is 37.7 Å². The van der Waals surface area contributed by atoms with Crippen molar-refractivity contribution >= 4 is 17.3 Å². The summed E-state index contributed by atoms with van der Waals surface area (Å²) in [5, 5.41) is 4.00. The summed E-state index contributed by atoms with van der Waals surface area (Å²) < 4.78 is 33.0. The molecule has 0 aliphatic carbocycles. The number of hydrogen-bond donors (Lipinski definition) is 1. The molecule has 1 aliphatic heterocycles. The lowest BCUT2D eigenvalue weighted by molar-refractivity contribution is -0.123. The highest BCUT2D eigenvalue weighted by Gasteiger charge is 2.19. The molecule has 1 aliphatic rings. The second-order valence-electron chi connectivity index (χ2n) is 7.07. The van der Waals surface area contributed by atoms with Crippen molar-refractivity contribution in [3.05, 3.63) is 59.7 Å². The fourth-order valence-electron chi connectivity index (χ4n) is 3.24. The van der Waals surface area contributed by atoms with E-state index in [1.807, 2.05) is 4.90 Å². The smallest absolute Gasteiger partial charge is 0.277 e. The van der Waals surface area contributed by atoms with E-state index in [0.29, 0.717) is 17.0 Å². The van der Waals surface area contributed by atoms with E-state index < -0.39 is 11.7 Å². The van der Waals surface area contributed by atoms with Crippen molar-refractivity contribution in [3.8, 4) is 5.75 Å². The van der Waals surface area contributed by atoms with Gasteiger partial charge in [-0.2, -0.15) is 5.10 Å². The van der Waals surface area contributed by atoms with E-state index in [9.17, 15) is 13.6 Å². The maximum absolute atomic E-state index is 14.7. The summed E-state index contributed by atoms with van der Waals surface area (Å²) >= 11 is 0. The molecule has 0 radical (unpaired) electrons. The molecule has 1 N–H and O–H groups in total. The molecule has 2 aromatic carbocycles. The number of ether oxygens (including phenoxy) is 1. The predicted octanol–water partition coefficient (Wildman–Crippen LogP) is 3.03. The number of hydrazone groups is 1. The van der Waals surface area contributed by atoms with E-state index in [-0.39, 0.29) is 18.2 Å². The Kier molecular flexibility index (Phi) is 7.35. The summed E-state index contributed by atoms with van der Waals surface area (Å²) in [7, 11) is 0. The van der Waals surface area contributed by atoms with E-state index in [1.54, 1.807) is 25.1 Å². The molecular weight excluding hydrogens is 390 g/mol. The molecule has 30 heavy (non-hydrogen) atoms. The molecule has 0 saturated carbocycles. The molecule has 1 saturated heterocycles. The average Bonchev–Trinajstić information content (AvgIpc) is 2.76. The Morgan fingerprint density at radius 1 is 1.13 bits per heavy atom. The van der Waals surface area contributed by atoms with E-state index in [4.69, 9.17) is 4.74 Å². The topological polar surface area (TPSA) is 57.2 Å². The van der Waals surface area contributed by atoms with Gasteiger partial charge in [0.1, 0.15) is 17.4 Å². The van der Waals surface area contributed by atoms with Crippen LogP contribution in [-0.2, 0) is 4.79 Å². The SMILES string of the molecule is CCN1CCN(c2ccc(/C(C)=N\NC(=O)COc3cccc(F)c3)cc2F)CC1. The highest BCUT2D eigenvalue weighted by atomic mass is 19.1. The number of carbonyl (C=O) groups is 1. The van der Waals surface area contributed by atoms with E-state index in [2.05, 4.69) is 22.4 Å². The van der Waals surface area contributed by atoms with Crippen LogP contribution in [0.25, 0.3) is 0 Å². The lowest BCUT2D eigenvalue weighted by Gasteiger charge is -2.35. The van der Waals surface area contributed by atoms with Gasteiger partial charge >= 0.3 is 0 Å². The van der Waals surface area contributed by atoms with Crippen molar-refractivity contribution in [1.29, 1.82) is 0 Å². The Balaban J connectivity index is 1.55. The highest BCUT2D eigenvalue weighted by molar-refractivity contribution is 5.99. The lowest BCUT2D eigenvalue weighted by atomic mass is 10.1. The van der Waals surface area contributed by atoms with Gasteiger partial charge in [0.25, 0.3) is 5.91 Å². The number of benzene rings is 2. The van der Waals surface area contributed by atoms with Crippen LogP contribution >= 0.6 is 0 Å². The number of amides is 1. The molecule has 8 heteroatoms. The zero-order valence-corrected chi connectivity index (χ0v) is 17.2. The normalized spacial score (nSPS) is 15.2. The Bertz CT molecular complexity index is 912. The molecule has 1 amide bonds. The summed E-state index contributed by atoms with van der Waals surface area (Å²) in [6.45, 7) is 7.92. The number of nitrogens with zero attached hydrogens (tertiary/aromatic N) is 3. The zero-order chi connectivity index (χ0) is 21.5. The van der Waals surface area contributed by atoms with E-state index in [1.165, 1.54) is 24.3 Å². The van der Waals surface area contributed by atoms with Crippen LogP contribution in [0.2, 0.25) is 0 Å². The second kappa shape index (κ2) is 10.2. The van der Waals surface area contributed by atoms with E-state index in [0.717, 1.165) is 32.7 Å². The van der Waals surface area contributed by atoms with Gasteiger partial charge in [0.05, 0.1) is 11.4 Å². The maximum Gasteiger partial charge on any atom is 0.277 e. The molecule has 160 valence electrons. The second-order valence-corrected chi connectivity index (χ2v) is 7.07. The van der Waals surface area contributed by atoms with Gasteiger partial charge in [-0.25, -0.2) is 14.2 Å². The summed E-state index contributed by atoms with van der Waals surface area (Å²) in [6, 6.07) is 10.5. The van der Waals surface area contributed by atoms with Crippen molar-refractivity contribution in [2.45, 2.75) is 13.8 Å². The van der Waals surface area contributed by atoms with Gasteiger partial charge < -0.3 is 14.5 Å². The molecule has 0 unspecified atom stereocenters. The minimum atomic E-state index is -0.496. The van der Waals surface area contributed by atoms with Crippen LogP contribution < -0.4 is 15.1 Å². The van der Waals surface area contributed by atoms with Crippen LogP contribution in [0, 0.1) is 11.6 Å². The van der Waals surface area contributed by atoms with Crippen LogP contribution in [0.5, 0.6) is 5.75 Å². The average molecular weight is 416 g/mol. The van der Waals surface area contributed by atoms with Crippen LogP contribution in [0.4, 0.5) is 14.5 Å². The molecule has 6 nitrogen and oxygen atoms in total. The monoisotopic (exact) mass is 416 g/mol. The van der Waals surface area contributed by atoms with E-state index >= 15 is 0 Å². The fraction of sp³-hybridized carbons (Fsp3) is 0.364. The third kappa shape index (κ3) is 5.76. The third-order valence-corrected chi connectivity index (χ3v) is 5.04. The van der Waals surface area contributed by atoms with Crippen LogP contribution in [0.1, 0.15) is 19.4 Å². The van der Waals surface area contributed by atoms with Crippen molar-refractivity contribution in [3.63, 3.8) is 0 Å². The summed E-state index contributed by atoms with van der Waals surface area (Å²) in [4.78, 5) is 16.3. The number of carbonyl (C=O) groups excluding carboxylic acids is 1. The number of hydrogen-bond acceptors (Lipinski definition) is 5. The first-order valence-electron chi connectivity index (χ1n) is 9.95. The van der Waals surface area contributed by atoms with Gasteiger partial charge in [-0.15, -0.1) is 0 Å². The zero-order valence-electron chi connectivity index (χ0n) is 17.2. The minimum Gasteiger partial charge on any atom is -0.484 e. The number of piperazine rings is 1. The van der Waals surface area contributed by atoms with Crippen molar-refractivity contribution < 1.29 is 18.3 Å². The Hall–Kier alpha value is -3.00. The largest absolute Gasteiger partial charge is 0.484 e. The maximum atomic E-state index is 14.7. The van der Waals surface area contributed by atoms with Gasteiger partial charge in [0, 0.05) is 37.8 Å². The molecule has 0 aromatic heterocycles.